The predicted octanol–water partition coefficient (Wildman–Crippen LogP) is 3.31. The molecule has 0 saturated carbocycles. The Balaban J connectivity index is 1.59. The summed E-state index contributed by atoms with van der Waals surface area (Å²) in [6.07, 6.45) is 3.31. The van der Waals surface area contributed by atoms with Crippen molar-refractivity contribution < 1.29 is 18.1 Å². The van der Waals surface area contributed by atoms with Gasteiger partial charge in [0.1, 0.15) is 5.69 Å². The van der Waals surface area contributed by atoms with Gasteiger partial charge in [0, 0.05) is 46.3 Å². The molecule has 162 valence electrons. The summed E-state index contributed by atoms with van der Waals surface area (Å²) >= 11 is 3.42. The van der Waals surface area contributed by atoms with Gasteiger partial charge in [-0.1, -0.05) is 15.9 Å². The predicted molar refractivity (Wildman–Crippen MR) is 120 cm³/mol. The van der Waals surface area contributed by atoms with Crippen molar-refractivity contribution in [3.05, 3.63) is 62.7 Å². The van der Waals surface area contributed by atoms with Crippen molar-refractivity contribution in [1.82, 2.24) is 9.29 Å². The van der Waals surface area contributed by atoms with Crippen molar-refractivity contribution in [2.45, 2.75) is 4.90 Å². The van der Waals surface area contributed by atoms with E-state index in [2.05, 4.69) is 31.4 Å². The maximum atomic E-state index is 12.8. The van der Waals surface area contributed by atoms with Crippen molar-refractivity contribution >= 4 is 54.4 Å². The number of hydrazone groups is 1. The van der Waals surface area contributed by atoms with E-state index < -0.39 is 14.9 Å². The number of aromatic amines is 1. The van der Waals surface area contributed by atoms with Gasteiger partial charge in [-0.05, 0) is 30.3 Å². The van der Waals surface area contributed by atoms with Gasteiger partial charge >= 0.3 is 0 Å². The third-order valence-corrected chi connectivity index (χ3v) is 7.23. The van der Waals surface area contributed by atoms with Crippen LogP contribution < -0.4 is 5.43 Å². The monoisotopic (exact) mass is 507 g/mol. The highest BCUT2D eigenvalue weighted by atomic mass is 79.9. The minimum atomic E-state index is -3.85. The van der Waals surface area contributed by atoms with Crippen LogP contribution in [0.25, 0.3) is 10.9 Å². The SMILES string of the molecule is O=[N+]([O-])c1cc(S(=O)(=O)N2CCOCC2)ccc1N/N=C/c1c[nH]c2ccc(Br)cc12. The number of halogens is 1. The standard InChI is InChI=1S/C19H18BrN5O5S/c20-14-1-3-17-16(9-14)13(11-21-17)12-22-23-18-4-2-15(10-19(18)25(26)27)31(28,29)24-5-7-30-8-6-24/h1-4,9-12,21,23H,5-8H2/b22-12+. The maximum absolute atomic E-state index is 12.8. The number of morpholine rings is 1. The molecule has 1 aliphatic rings. The van der Waals surface area contributed by atoms with Crippen molar-refractivity contribution in [1.29, 1.82) is 0 Å². The van der Waals surface area contributed by atoms with Crippen LogP contribution in [0.2, 0.25) is 0 Å². The van der Waals surface area contributed by atoms with E-state index >= 15 is 0 Å². The molecule has 4 rings (SSSR count). The summed E-state index contributed by atoms with van der Waals surface area (Å²) in [5.41, 5.74) is 4.06. The summed E-state index contributed by atoms with van der Waals surface area (Å²) in [6, 6.07) is 9.48. The van der Waals surface area contributed by atoms with Gasteiger partial charge < -0.3 is 9.72 Å². The summed E-state index contributed by atoms with van der Waals surface area (Å²) in [5, 5.41) is 16.6. The van der Waals surface area contributed by atoms with Crippen molar-refractivity contribution in [2.24, 2.45) is 5.10 Å². The maximum Gasteiger partial charge on any atom is 0.295 e. The number of benzene rings is 2. The zero-order valence-corrected chi connectivity index (χ0v) is 18.5. The fourth-order valence-corrected chi connectivity index (χ4v) is 5.04. The molecule has 0 spiro atoms. The van der Waals surface area contributed by atoms with E-state index in [1.54, 1.807) is 6.20 Å². The van der Waals surface area contributed by atoms with E-state index in [0.29, 0.717) is 13.2 Å². The molecule has 0 unspecified atom stereocenters. The first-order valence-electron chi connectivity index (χ1n) is 9.28. The van der Waals surface area contributed by atoms with Gasteiger partial charge in [0.05, 0.1) is 29.2 Å². The Kier molecular flexibility index (Phi) is 6.05. The lowest BCUT2D eigenvalue weighted by atomic mass is 10.2. The number of hydrogen-bond donors (Lipinski definition) is 2. The number of fused-ring (bicyclic) bond motifs is 1. The van der Waals surface area contributed by atoms with Crippen molar-refractivity contribution in [2.75, 3.05) is 31.7 Å². The van der Waals surface area contributed by atoms with E-state index in [4.69, 9.17) is 4.74 Å². The molecule has 1 aliphatic heterocycles. The van der Waals surface area contributed by atoms with Gasteiger partial charge in [0.25, 0.3) is 5.69 Å². The topological polar surface area (TPSA) is 130 Å². The Morgan fingerprint density at radius 2 is 2.00 bits per heavy atom. The highest BCUT2D eigenvalue weighted by molar-refractivity contribution is 9.10. The molecule has 2 aromatic carbocycles. The Labute approximate surface area is 186 Å². The minimum Gasteiger partial charge on any atom is -0.379 e. The lowest BCUT2D eigenvalue weighted by Gasteiger charge is -2.26. The first kappa shape index (κ1) is 21.4. The number of nitrogens with zero attached hydrogens (tertiary/aromatic N) is 3. The number of anilines is 1. The van der Waals surface area contributed by atoms with E-state index in [9.17, 15) is 18.5 Å². The van der Waals surface area contributed by atoms with Gasteiger partial charge in [-0.2, -0.15) is 9.41 Å². The molecule has 1 saturated heterocycles. The molecule has 0 amide bonds. The molecule has 3 aromatic rings. The molecule has 1 aromatic heterocycles. The van der Waals surface area contributed by atoms with Crippen LogP contribution in [0, 0.1) is 10.1 Å². The van der Waals surface area contributed by atoms with Crippen LogP contribution in [0.1, 0.15) is 5.56 Å². The first-order valence-corrected chi connectivity index (χ1v) is 11.5. The third kappa shape index (κ3) is 4.46. The number of nitro benzene ring substituents is 1. The first-order chi connectivity index (χ1) is 14.9. The molecule has 12 heteroatoms. The molecule has 10 nitrogen and oxygen atoms in total. The molecular weight excluding hydrogens is 490 g/mol. The van der Waals surface area contributed by atoms with Crippen LogP contribution in [0.15, 0.2) is 57.1 Å². The molecule has 0 aliphatic carbocycles. The summed E-state index contributed by atoms with van der Waals surface area (Å²) in [6.45, 7) is 1.00. The van der Waals surface area contributed by atoms with Gasteiger partial charge in [-0.25, -0.2) is 8.42 Å². The van der Waals surface area contributed by atoms with Crippen LogP contribution in [0.5, 0.6) is 0 Å². The van der Waals surface area contributed by atoms with E-state index in [1.807, 2.05) is 18.2 Å². The Bertz CT molecular complexity index is 1270. The highest BCUT2D eigenvalue weighted by Gasteiger charge is 2.28. The van der Waals surface area contributed by atoms with Crippen LogP contribution in [0.4, 0.5) is 11.4 Å². The summed E-state index contributed by atoms with van der Waals surface area (Å²) < 4.78 is 32.9. The van der Waals surface area contributed by atoms with Crippen LogP contribution >= 0.6 is 15.9 Å². The molecular formula is C19H18BrN5O5S. The molecule has 0 radical (unpaired) electrons. The Morgan fingerprint density at radius 1 is 1.23 bits per heavy atom. The fourth-order valence-electron chi connectivity index (χ4n) is 3.25. The number of sulfonamides is 1. The second-order valence-corrected chi connectivity index (χ2v) is 9.61. The lowest BCUT2D eigenvalue weighted by molar-refractivity contribution is -0.384. The highest BCUT2D eigenvalue weighted by Crippen LogP contribution is 2.29. The fraction of sp³-hybridized carbons (Fsp3) is 0.211. The quantitative estimate of drug-likeness (QED) is 0.299. The Morgan fingerprint density at radius 3 is 2.74 bits per heavy atom. The number of nitro groups is 1. The number of hydrogen-bond acceptors (Lipinski definition) is 7. The summed E-state index contributed by atoms with van der Waals surface area (Å²) in [4.78, 5) is 13.9. The van der Waals surface area contributed by atoms with Crippen molar-refractivity contribution in [3.63, 3.8) is 0 Å². The average Bonchev–Trinajstić information content (AvgIpc) is 3.16. The normalized spacial score (nSPS) is 15.5. The number of nitrogens with one attached hydrogen (secondary N) is 2. The van der Waals surface area contributed by atoms with Crippen LogP contribution in [0.3, 0.4) is 0 Å². The smallest absolute Gasteiger partial charge is 0.295 e. The van der Waals surface area contributed by atoms with Gasteiger partial charge in [0.2, 0.25) is 10.0 Å². The van der Waals surface area contributed by atoms with E-state index in [1.165, 1.54) is 22.7 Å². The largest absolute Gasteiger partial charge is 0.379 e. The third-order valence-electron chi connectivity index (χ3n) is 4.84. The molecule has 31 heavy (non-hydrogen) atoms. The van der Waals surface area contributed by atoms with Gasteiger partial charge in [-0.15, -0.1) is 0 Å². The van der Waals surface area contributed by atoms with E-state index in [0.717, 1.165) is 27.0 Å². The summed E-state index contributed by atoms with van der Waals surface area (Å²) in [5.74, 6) is 0. The van der Waals surface area contributed by atoms with E-state index in [-0.39, 0.29) is 29.4 Å². The van der Waals surface area contributed by atoms with Crippen LogP contribution in [-0.2, 0) is 14.8 Å². The Hall–Kier alpha value is -2.80. The molecule has 2 heterocycles. The second-order valence-electron chi connectivity index (χ2n) is 6.76. The minimum absolute atomic E-state index is 0.0863. The average molecular weight is 508 g/mol. The lowest BCUT2D eigenvalue weighted by Crippen LogP contribution is -2.40. The number of aromatic nitrogens is 1. The summed E-state index contributed by atoms with van der Waals surface area (Å²) in [7, 11) is -3.85. The molecule has 2 N–H and O–H groups in total. The van der Waals surface area contributed by atoms with Crippen LogP contribution in [-0.4, -0.2) is 55.1 Å². The second kappa shape index (κ2) is 8.75. The zero-order valence-electron chi connectivity index (χ0n) is 16.1. The zero-order chi connectivity index (χ0) is 22.0. The number of ether oxygens (including phenoxy) is 1. The van der Waals surface area contributed by atoms with Crippen molar-refractivity contribution in [3.8, 4) is 0 Å². The van der Waals surface area contributed by atoms with Gasteiger partial charge in [0.15, 0.2) is 0 Å². The van der Waals surface area contributed by atoms with Gasteiger partial charge in [-0.3, -0.25) is 15.5 Å². The molecule has 0 atom stereocenters. The molecule has 0 bridgehead atoms. The number of H-pyrrole nitrogens is 1. The number of rotatable bonds is 6. The molecule has 1 fully saturated rings.